The van der Waals surface area contributed by atoms with Crippen LogP contribution in [0.2, 0.25) is 18.1 Å². The second-order valence-electron chi connectivity index (χ2n) is 14.8. The summed E-state index contributed by atoms with van der Waals surface area (Å²) >= 11 is 0. The predicted octanol–water partition coefficient (Wildman–Crippen LogP) is 5.16. The van der Waals surface area contributed by atoms with Crippen molar-refractivity contribution in [2.75, 3.05) is 41.0 Å². The van der Waals surface area contributed by atoms with Gasteiger partial charge in [0.1, 0.15) is 19.7 Å². The number of rotatable bonds is 12. The molecule has 0 bridgehead atoms. The van der Waals surface area contributed by atoms with Gasteiger partial charge in [0.15, 0.2) is 14.1 Å². The number of hydrogen-bond donors (Lipinski definition) is 0. The summed E-state index contributed by atoms with van der Waals surface area (Å²) in [5.74, 6) is 0.108. The van der Waals surface area contributed by atoms with Crippen LogP contribution in [0.15, 0.2) is 0 Å². The number of carbonyl (C=O) groups is 1. The molecular formula is C32H58O10Si. The van der Waals surface area contributed by atoms with Crippen molar-refractivity contribution in [2.24, 2.45) is 0 Å². The summed E-state index contributed by atoms with van der Waals surface area (Å²) in [6.45, 7) is 16.8. The zero-order chi connectivity index (χ0) is 31.5. The molecule has 0 aliphatic carbocycles. The van der Waals surface area contributed by atoms with E-state index in [9.17, 15) is 4.79 Å². The van der Waals surface area contributed by atoms with Crippen molar-refractivity contribution >= 4 is 14.1 Å². The highest BCUT2D eigenvalue weighted by molar-refractivity contribution is 6.74. The first-order valence-corrected chi connectivity index (χ1v) is 19.1. The third-order valence-electron chi connectivity index (χ3n) is 10.5. The first-order valence-electron chi connectivity index (χ1n) is 16.2. The van der Waals surface area contributed by atoms with Gasteiger partial charge >= 0.3 is 0 Å². The van der Waals surface area contributed by atoms with Crippen LogP contribution >= 0.6 is 0 Å². The monoisotopic (exact) mass is 630 g/mol. The number of Topliss-reactive ketones (excluding diaryl/α,β-unsaturated/α-hetero) is 1. The van der Waals surface area contributed by atoms with Crippen molar-refractivity contribution in [1.82, 2.24) is 0 Å². The fourth-order valence-corrected chi connectivity index (χ4v) is 7.65. The average Bonchev–Trinajstić information content (AvgIpc) is 3.15. The van der Waals surface area contributed by atoms with E-state index in [1.807, 2.05) is 0 Å². The molecule has 4 heterocycles. The van der Waals surface area contributed by atoms with E-state index in [-0.39, 0.29) is 61.0 Å². The van der Waals surface area contributed by atoms with Crippen LogP contribution in [0.25, 0.3) is 0 Å². The number of carbonyl (C=O) groups excluding carboxylic acids is 1. The van der Waals surface area contributed by atoms with Crippen molar-refractivity contribution in [3.63, 3.8) is 0 Å². The Morgan fingerprint density at radius 1 is 0.953 bits per heavy atom. The van der Waals surface area contributed by atoms with Crippen LogP contribution in [0.5, 0.6) is 0 Å². The van der Waals surface area contributed by atoms with Gasteiger partial charge in [-0.05, 0) is 70.5 Å². The average molecular weight is 631 g/mol. The third-order valence-corrected chi connectivity index (χ3v) is 15.0. The molecule has 250 valence electrons. The highest BCUT2D eigenvalue weighted by Gasteiger charge is 2.55. The van der Waals surface area contributed by atoms with E-state index < -0.39 is 25.6 Å². The first kappa shape index (κ1) is 35.4. The largest absolute Gasteiger partial charge is 0.414 e. The van der Waals surface area contributed by atoms with Gasteiger partial charge in [-0.2, -0.15) is 0 Å². The van der Waals surface area contributed by atoms with Gasteiger partial charge in [-0.1, -0.05) is 20.8 Å². The quantitative estimate of drug-likeness (QED) is 0.163. The van der Waals surface area contributed by atoms with Crippen LogP contribution in [0.3, 0.4) is 0 Å². The maximum absolute atomic E-state index is 13.4. The first-order chi connectivity index (χ1) is 20.2. The number of hydrogen-bond acceptors (Lipinski definition) is 10. The summed E-state index contributed by atoms with van der Waals surface area (Å²) in [5.41, 5.74) is -1.10. The number of ether oxygens (including phenoxy) is 8. The molecule has 10 nitrogen and oxygen atoms in total. The second-order valence-corrected chi connectivity index (χ2v) is 19.7. The van der Waals surface area contributed by atoms with Crippen LogP contribution in [0, 0.1) is 0 Å². The molecule has 4 fully saturated rings. The molecule has 0 aromatic heterocycles. The molecule has 43 heavy (non-hydrogen) atoms. The van der Waals surface area contributed by atoms with Crippen LogP contribution in [-0.4, -0.2) is 109 Å². The molecule has 9 atom stereocenters. The maximum atomic E-state index is 13.4. The minimum absolute atomic E-state index is 0.0942. The van der Waals surface area contributed by atoms with Gasteiger partial charge in [-0.15, -0.1) is 0 Å². The minimum Gasteiger partial charge on any atom is -0.414 e. The van der Waals surface area contributed by atoms with Crippen LogP contribution in [-0.2, 0) is 47.1 Å². The second kappa shape index (κ2) is 14.5. The number of ketones is 1. The Labute approximate surface area is 260 Å². The van der Waals surface area contributed by atoms with E-state index in [0.717, 1.165) is 38.5 Å². The molecule has 0 aromatic rings. The Hall–Kier alpha value is -0.473. The van der Waals surface area contributed by atoms with E-state index in [1.54, 1.807) is 14.2 Å². The van der Waals surface area contributed by atoms with Gasteiger partial charge in [0.2, 0.25) is 0 Å². The van der Waals surface area contributed by atoms with Gasteiger partial charge in [-0.3, -0.25) is 4.79 Å². The molecule has 4 saturated heterocycles. The van der Waals surface area contributed by atoms with Crippen LogP contribution in [0.4, 0.5) is 0 Å². The molecule has 4 rings (SSSR count). The van der Waals surface area contributed by atoms with Gasteiger partial charge in [0, 0.05) is 33.7 Å². The Kier molecular flexibility index (Phi) is 12.0. The zero-order valence-electron chi connectivity index (χ0n) is 28.1. The third kappa shape index (κ3) is 8.47. The fourth-order valence-electron chi connectivity index (χ4n) is 6.61. The van der Waals surface area contributed by atoms with Crippen molar-refractivity contribution in [3.8, 4) is 0 Å². The lowest BCUT2D eigenvalue weighted by Gasteiger charge is -2.49. The Morgan fingerprint density at radius 3 is 2.35 bits per heavy atom. The van der Waals surface area contributed by atoms with E-state index in [1.165, 1.54) is 0 Å². The van der Waals surface area contributed by atoms with Crippen molar-refractivity contribution in [2.45, 2.75) is 158 Å². The highest BCUT2D eigenvalue weighted by atomic mass is 28.4. The summed E-state index contributed by atoms with van der Waals surface area (Å²) in [7, 11) is 1.30. The fraction of sp³-hybridized carbons (Fsp3) is 0.969. The number of fused-ring (bicyclic) bond motifs is 3. The lowest BCUT2D eigenvalue weighted by atomic mass is 9.82. The standard InChI is InChI=1S/C32H58O10Si/c1-30(2,3)43(8,9)38-19-22-17-23(33)29-26(39-22)18-28-32(5,42-29)15-13-24-25(41-28)12-14-31(4,37-21-35-7)27(40-24)11-10-16-36-20-34-6/h22,24-29H,10-21H2,1-9H3/t22-,24-,25+,26+,27+,28-,29+,31-,32+/m0/s1. The lowest BCUT2D eigenvalue weighted by Crippen LogP contribution is -2.61. The Morgan fingerprint density at radius 2 is 1.65 bits per heavy atom. The highest BCUT2D eigenvalue weighted by Crippen LogP contribution is 2.46. The Bertz CT molecular complexity index is 911. The summed E-state index contributed by atoms with van der Waals surface area (Å²) in [6, 6.07) is 0. The van der Waals surface area contributed by atoms with Gasteiger partial charge in [0.25, 0.3) is 0 Å². The van der Waals surface area contributed by atoms with Crippen molar-refractivity contribution in [1.29, 1.82) is 0 Å². The summed E-state index contributed by atoms with van der Waals surface area (Å²) in [5, 5.41) is 0.0942. The van der Waals surface area contributed by atoms with Crippen molar-refractivity contribution in [3.05, 3.63) is 0 Å². The summed E-state index contributed by atoms with van der Waals surface area (Å²) in [6.07, 6.45) is 3.92. The topological polar surface area (TPSA) is 100 Å². The molecule has 0 aromatic carbocycles. The van der Waals surface area contributed by atoms with Crippen LogP contribution < -0.4 is 0 Å². The molecule has 4 aliphatic heterocycles. The molecule has 0 saturated carbocycles. The van der Waals surface area contributed by atoms with Gasteiger partial charge in [-0.25, -0.2) is 0 Å². The molecule has 4 aliphatic rings. The molecular weight excluding hydrogens is 572 g/mol. The number of methoxy groups -OCH3 is 2. The van der Waals surface area contributed by atoms with E-state index in [2.05, 4.69) is 47.7 Å². The predicted molar refractivity (Wildman–Crippen MR) is 164 cm³/mol. The summed E-state index contributed by atoms with van der Waals surface area (Å²) < 4.78 is 55.4. The van der Waals surface area contributed by atoms with E-state index in [4.69, 9.17) is 42.3 Å². The molecule has 11 heteroatoms. The molecule has 0 amide bonds. The lowest BCUT2D eigenvalue weighted by molar-refractivity contribution is -0.260. The van der Waals surface area contributed by atoms with E-state index >= 15 is 0 Å². The normalized spacial score (nSPS) is 38.9. The van der Waals surface area contributed by atoms with Crippen molar-refractivity contribution < 1.29 is 47.1 Å². The van der Waals surface area contributed by atoms with E-state index in [0.29, 0.717) is 26.1 Å². The minimum atomic E-state index is -1.96. The Balaban J connectivity index is 1.43. The molecule has 0 unspecified atom stereocenters. The molecule has 0 N–H and O–H groups in total. The smallest absolute Gasteiger partial charge is 0.192 e. The van der Waals surface area contributed by atoms with Crippen LogP contribution in [0.1, 0.15) is 86.0 Å². The molecule has 0 spiro atoms. The zero-order valence-corrected chi connectivity index (χ0v) is 29.1. The van der Waals surface area contributed by atoms with Gasteiger partial charge in [0.05, 0.1) is 54.4 Å². The molecule has 0 radical (unpaired) electrons. The van der Waals surface area contributed by atoms with Gasteiger partial charge < -0.3 is 42.3 Å². The SMILES string of the molecule is COCOCCC[C@H]1O[C@H]2CC[C@@]3(C)O[C@@H]4C(=O)C[C@@H](CO[Si](C)(C)C(C)(C)C)O[C@@H]4C[C@@H]3O[C@@H]2CC[C@]1(C)OCOC. The maximum Gasteiger partial charge on any atom is 0.192 e. The summed E-state index contributed by atoms with van der Waals surface area (Å²) in [4.78, 5) is 13.4.